The van der Waals surface area contributed by atoms with E-state index in [4.69, 9.17) is 15.6 Å². The van der Waals surface area contributed by atoms with Crippen molar-refractivity contribution in [2.45, 2.75) is 19.3 Å². The Morgan fingerprint density at radius 3 is 2.64 bits per heavy atom. The van der Waals surface area contributed by atoms with Crippen LogP contribution in [0.15, 0.2) is 0 Å². The van der Waals surface area contributed by atoms with Gasteiger partial charge in [-0.25, -0.2) is 4.79 Å². The second-order valence-corrected chi connectivity index (χ2v) is 2.30. The highest BCUT2D eigenvalue weighted by molar-refractivity contribution is 5.67. The van der Waals surface area contributed by atoms with Crippen LogP contribution in [0.25, 0.3) is 0 Å². The van der Waals surface area contributed by atoms with Crippen LogP contribution in [0.1, 0.15) is 19.3 Å². The molecule has 0 aromatic rings. The molecule has 0 aliphatic rings. The highest BCUT2D eigenvalue weighted by atomic mass is 16.5. The minimum Gasteiger partial charge on any atom is -0.480 e. The lowest BCUT2D eigenvalue weighted by Gasteiger charge is -1.99. The molecule has 0 aliphatic heterocycles. The van der Waals surface area contributed by atoms with Crippen molar-refractivity contribution in [2.24, 2.45) is 5.73 Å². The van der Waals surface area contributed by atoms with Gasteiger partial charge < -0.3 is 15.6 Å². The minimum atomic E-state index is -0.913. The first-order chi connectivity index (χ1) is 5.27. The first-order valence-corrected chi connectivity index (χ1v) is 3.77. The predicted molar refractivity (Wildman–Crippen MR) is 41.4 cm³/mol. The lowest BCUT2D eigenvalue weighted by molar-refractivity contribution is -0.142. The first kappa shape index (κ1) is 10.4. The normalized spacial score (nSPS) is 9.91. The van der Waals surface area contributed by atoms with E-state index in [1.54, 1.807) is 0 Å². The molecule has 0 aromatic heterocycles. The van der Waals surface area contributed by atoms with Gasteiger partial charge in [-0.05, 0) is 25.8 Å². The summed E-state index contributed by atoms with van der Waals surface area (Å²) in [6.07, 6.45) is 2.89. The number of carboxylic acid groups (broad SMARTS) is 1. The quantitative estimate of drug-likeness (QED) is 0.524. The molecule has 0 aromatic carbocycles. The molecule has 0 atom stereocenters. The molecule has 0 fully saturated rings. The Morgan fingerprint density at radius 2 is 2.09 bits per heavy atom. The number of aliphatic carboxylic acids is 1. The van der Waals surface area contributed by atoms with Crippen molar-refractivity contribution in [3.8, 4) is 0 Å². The molecular weight excluding hydrogens is 146 g/mol. The number of unbranched alkanes of at least 4 members (excludes halogenated alkanes) is 2. The van der Waals surface area contributed by atoms with E-state index in [1.165, 1.54) is 0 Å². The average molecular weight is 161 g/mol. The van der Waals surface area contributed by atoms with E-state index in [0.29, 0.717) is 13.2 Å². The summed E-state index contributed by atoms with van der Waals surface area (Å²) in [4.78, 5) is 9.94. The Morgan fingerprint density at radius 1 is 1.36 bits per heavy atom. The maximum absolute atomic E-state index is 9.94. The maximum atomic E-state index is 9.94. The number of nitrogens with two attached hydrogens (primary N) is 1. The standard InChI is InChI=1S/C7H15NO3/c8-4-2-1-3-5-11-6-7(9)10/h1-6,8H2,(H,9,10). The Labute approximate surface area is 66.3 Å². The third-order valence-corrected chi connectivity index (χ3v) is 1.22. The maximum Gasteiger partial charge on any atom is 0.329 e. The number of hydrogen-bond acceptors (Lipinski definition) is 3. The molecule has 0 bridgehead atoms. The van der Waals surface area contributed by atoms with Crippen molar-refractivity contribution >= 4 is 5.97 Å². The van der Waals surface area contributed by atoms with Crippen LogP contribution in [0.3, 0.4) is 0 Å². The second-order valence-electron chi connectivity index (χ2n) is 2.30. The average Bonchev–Trinajstić information content (AvgIpc) is 1.96. The van der Waals surface area contributed by atoms with Crippen molar-refractivity contribution in [1.82, 2.24) is 0 Å². The summed E-state index contributed by atoms with van der Waals surface area (Å²) in [6, 6.07) is 0. The third kappa shape index (κ3) is 9.39. The molecular formula is C7H15NO3. The van der Waals surface area contributed by atoms with Crippen LogP contribution in [0, 0.1) is 0 Å². The van der Waals surface area contributed by atoms with Crippen molar-refractivity contribution in [2.75, 3.05) is 19.8 Å². The molecule has 0 saturated heterocycles. The largest absolute Gasteiger partial charge is 0.480 e. The van der Waals surface area contributed by atoms with E-state index < -0.39 is 5.97 Å². The molecule has 0 unspecified atom stereocenters. The summed E-state index contributed by atoms with van der Waals surface area (Å²) >= 11 is 0. The summed E-state index contributed by atoms with van der Waals surface area (Å²) in [7, 11) is 0. The summed E-state index contributed by atoms with van der Waals surface area (Å²) < 4.78 is 4.80. The van der Waals surface area contributed by atoms with Gasteiger partial charge >= 0.3 is 5.97 Å². The summed E-state index contributed by atoms with van der Waals surface area (Å²) in [6.45, 7) is 1.02. The third-order valence-electron chi connectivity index (χ3n) is 1.22. The van der Waals surface area contributed by atoms with Crippen molar-refractivity contribution in [3.63, 3.8) is 0 Å². The van der Waals surface area contributed by atoms with Crippen LogP contribution >= 0.6 is 0 Å². The van der Waals surface area contributed by atoms with E-state index >= 15 is 0 Å². The number of hydrogen-bond donors (Lipinski definition) is 2. The van der Waals surface area contributed by atoms with Gasteiger partial charge in [-0.3, -0.25) is 0 Å². The van der Waals surface area contributed by atoms with Gasteiger partial charge in [0, 0.05) is 6.61 Å². The number of carbonyl (C=O) groups is 1. The van der Waals surface area contributed by atoms with E-state index in [1.807, 2.05) is 0 Å². The van der Waals surface area contributed by atoms with Gasteiger partial charge in [0.2, 0.25) is 0 Å². The molecule has 11 heavy (non-hydrogen) atoms. The summed E-state index contributed by atoms with van der Waals surface area (Å²) in [5.74, 6) is -0.913. The summed E-state index contributed by atoms with van der Waals surface area (Å²) in [5, 5.41) is 8.17. The fourth-order valence-electron chi connectivity index (χ4n) is 0.685. The van der Waals surface area contributed by atoms with E-state index in [-0.39, 0.29) is 6.61 Å². The van der Waals surface area contributed by atoms with E-state index in [0.717, 1.165) is 19.3 Å². The molecule has 4 nitrogen and oxygen atoms in total. The minimum absolute atomic E-state index is 0.192. The highest BCUT2D eigenvalue weighted by Crippen LogP contribution is 1.93. The molecule has 0 saturated carbocycles. The Kier molecular flexibility index (Phi) is 7.08. The van der Waals surface area contributed by atoms with Crippen LogP contribution in [-0.4, -0.2) is 30.8 Å². The molecule has 0 rings (SSSR count). The van der Waals surface area contributed by atoms with Crippen LogP contribution in [0.4, 0.5) is 0 Å². The SMILES string of the molecule is NCCCCCOCC(=O)O. The lowest BCUT2D eigenvalue weighted by Crippen LogP contribution is -2.08. The molecule has 0 radical (unpaired) electrons. The summed E-state index contributed by atoms with van der Waals surface area (Å²) in [5.41, 5.74) is 5.26. The molecule has 0 aliphatic carbocycles. The Balaban J connectivity index is 2.85. The van der Waals surface area contributed by atoms with Gasteiger partial charge in [0.05, 0.1) is 0 Å². The number of ether oxygens (including phenoxy) is 1. The van der Waals surface area contributed by atoms with E-state index in [2.05, 4.69) is 0 Å². The molecule has 66 valence electrons. The monoisotopic (exact) mass is 161 g/mol. The zero-order chi connectivity index (χ0) is 8.53. The highest BCUT2D eigenvalue weighted by Gasteiger charge is 1.94. The Hall–Kier alpha value is -0.610. The lowest BCUT2D eigenvalue weighted by atomic mass is 10.2. The zero-order valence-corrected chi connectivity index (χ0v) is 6.58. The van der Waals surface area contributed by atoms with Crippen molar-refractivity contribution < 1.29 is 14.6 Å². The molecule has 0 spiro atoms. The van der Waals surface area contributed by atoms with Crippen LogP contribution in [-0.2, 0) is 9.53 Å². The van der Waals surface area contributed by atoms with Crippen LogP contribution in [0.5, 0.6) is 0 Å². The predicted octanol–water partition coefficient (Wildman–Crippen LogP) is 0.217. The second kappa shape index (κ2) is 7.50. The van der Waals surface area contributed by atoms with Gasteiger partial charge in [0.1, 0.15) is 6.61 Å². The molecule has 4 heteroatoms. The van der Waals surface area contributed by atoms with Crippen LogP contribution in [0.2, 0.25) is 0 Å². The molecule has 0 heterocycles. The molecule has 0 amide bonds. The topological polar surface area (TPSA) is 72.5 Å². The smallest absolute Gasteiger partial charge is 0.329 e. The first-order valence-electron chi connectivity index (χ1n) is 3.77. The number of rotatable bonds is 7. The van der Waals surface area contributed by atoms with E-state index in [9.17, 15) is 4.79 Å². The fourth-order valence-corrected chi connectivity index (χ4v) is 0.685. The zero-order valence-electron chi connectivity index (χ0n) is 6.58. The number of carboxylic acids is 1. The van der Waals surface area contributed by atoms with Crippen molar-refractivity contribution in [3.05, 3.63) is 0 Å². The van der Waals surface area contributed by atoms with Gasteiger partial charge in [0.15, 0.2) is 0 Å². The fraction of sp³-hybridized carbons (Fsp3) is 0.857. The van der Waals surface area contributed by atoms with Gasteiger partial charge in [-0.1, -0.05) is 0 Å². The van der Waals surface area contributed by atoms with Crippen molar-refractivity contribution in [1.29, 1.82) is 0 Å². The van der Waals surface area contributed by atoms with Crippen LogP contribution < -0.4 is 5.73 Å². The molecule has 3 N–H and O–H groups in total. The van der Waals surface area contributed by atoms with Gasteiger partial charge in [-0.2, -0.15) is 0 Å². The Bertz CT molecular complexity index is 106. The van der Waals surface area contributed by atoms with Gasteiger partial charge in [0.25, 0.3) is 0 Å². The van der Waals surface area contributed by atoms with Gasteiger partial charge in [-0.15, -0.1) is 0 Å².